The molecule has 0 saturated carbocycles. The maximum atomic E-state index is 12.0. The lowest BCUT2D eigenvalue weighted by molar-refractivity contribution is -0.113. The Hall–Kier alpha value is -2.48. The van der Waals surface area contributed by atoms with Gasteiger partial charge in [-0.2, -0.15) is 0 Å². The molecular formula is C19H18O2. The van der Waals surface area contributed by atoms with Gasteiger partial charge in [0, 0.05) is 12.0 Å². The summed E-state index contributed by atoms with van der Waals surface area (Å²) in [6, 6.07) is 15.7. The fourth-order valence-electron chi connectivity index (χ4n) is 2.01. The van der Waals surface area contributed by atoms with Crippen molar-refractivity contribution in [3.8, 4) is 11.1 Å². The monoisotopic (exact) mass is 278 g/mol. The molecule has 2 heteroatoms. The molecule has 0 heterocycles. The van der Waals surface area contributed by atoms with Crippen molar-refractivity contribution in [3.05, 3.63) is 71.8 Å². The molecule has 0 aliphatic carbocycles. The molecule has 0 aromatic heterocycles. The van der Waals surface area contributed by atoms with Crippen LogP contribution in [0.25, 0.3) is 11.1 Å². The van der Waals surface area contributed by atoms with Crippen LogP contribution in [0.15, 0.2) is 60.7 Å². The fourth-order valence-corrected chi connectivity index (χ4v) is 2.01. The van der Waals surface area contributed by atoms with Crippen molar-refractivity contribution in [3.63, 3.8) is 0 Å². The zero-order valence-electron chi connectivity index (χ0n) is 12.3. The van der Waals surface area contributed by atoms with Gasteiger partial charge in [0.2, 0.25) is 0 Å². The van der Waals surface area contributed by atoms with Gasteiger partial charge >= 0.3 is 0 Å². The first-order valence-electron chi connectivity index (χ1n) is 6.86. The van der Waals surface area contributed by atoms with Crippen LogP contribution in [-0.2, 0) is 4.79 Å². The van der Waals surface area contributed by atoms with E-state index in [1.165, 1.54) is 12.5 Å². The molecule has 106 valence electrons. The first kappa shape index (κ1) is 14.9. The van der Waals surface area contributed by atoms with Gasteiger partial charge in [-0.15, -0.1) is 0 Å². The maximum Gasteiger partial charge on any atom is 0.167 e. The number of benzene rings is 2. The minimum absolute atomic E-state index is 0.0781. The van der Waals surface area contributed by atoms with E-state index in [1.807, 2.05) is 19.1 Å². The number of aryl methyl sites for hydroxylation is 1. The molecule has 0 aliphatic rings. The van der Waals surface area contributed by atoms with Crippen LogP contribution in [0.4, 0.5) is 0 Å². The normalized spacial score (nSPS) is 10.2. The third-order valence-corrected chi connectivity index (χ3v) is 3.46. The van der Waals surface area contributed by atoms with Crippen LogP contribution in [0.2, 0.25) is 0 Å². The molecule has 0 atom stereocenters. The first-order valence-corrected chi connectivity index (χ1v) is 6.86. The van der Waals surface area contributed by atoms with Crippen LogP contribution in [0, 0.1) is 6.92 Å². The summed E-state index contributed by atoms with van der Waals surface area (Å²) in [5.74, 6) is -0.217. The molecule has 2 nitrogen and oxygen atoms in total. The molecule has 0 spiro atoms. The topological polar surface area (TPSA) is 34.1 Å². The van der Waals surface area contributed by atoms with E-state index < -0.39 is 0 Å². The molecule has 2 aromatic rings. The van der Waals surface area contributed by atoms with Gasteiger partial charge in [-0.3, -0.25) is 9.59 Å². The summed E-state index contributed by atoms with van der Waals surface area (Å²) in [6.45, 7) is 7.10. The quantitative estimate of drug-likeness (QED) is 0.601. The van der Waals surface area contributed by atoms with Crippen LogP contribution in [0.5, 0.6) is 0 Å². The van der Waals surface area contributed by atoms with E-state index in [1.54, 1.807) is 12.1 Å². The highest BCUT2D eigenvalue weighted by molar-refractivity contribution is 6.04. The average Bonchev–Trinajstić information content (AvgIpc) is 2.48. The Morgan fingerprint density at radius 1 is 0.905 bits per heavy atom. The Balaban J connectivity index is 2.15. The summed E-state index contributed by atoms with van der Waals surface area (Å²) in [5.41, 5.74) is 4.36. The van der Waals surface area contributed by atoms with Gasteiger partial charge in [-0.25, -0.2) is 0 Å². The van der Waals surface area contributed by atoms with E-state index in [4.69, 9.17) is 0 Å². The Labute approximate surface area is 125 Å². The summed E-state index contributed by atoms with van der Waals surface area (Å²) in [7, 11) is 0. The number of carbonyl (C=O) groups is 2. The third kappa shape index (κ3) is 3.76. The van der Waals surface area contributed by atoms with Crippen LogP contribution in [0.1, 0.15) is 29.3 Å². The van der Waals surface area contributed by atoms with Gasteiger partial charge in [-0.1, -0.05) is 60.7 Å². The lowest BCUT2D eigenvalue weighted by atomic mass is 9.98. The fraction of sp³-hybridized carbons (Fsp3) is 0.158. The van der Waals surface area contributed by atoms with Crippen molar-refractivity contribution < 1.29 is 9.59 Å². The average molecular weight is 278 g/mol. The Bertz CT molecular complexity index is 677. The largest absolute Gasteiger partial charge is 0.295 e. The number of hydrogen-bond donors (Lipinski definition) is 0. The van der Waals surface area contributed by atoms with E-state index in [-0.39, 0.29) is 18.0 Å². The highest BCUT2D eigenvalue weighted by atomic mass is 16.1. The second kappa shape index (κ2) is 6.31. The number of carbonyl (C=O) groups excluding carboxylic acids is 2. The van der Waals surface area contributed by atoms with E-state index in [2.05, 4.69) is 30.8 Å². The smallest absolute Gasteiger partial charge is 0.167 e. The first-order chi connectivity index (χ1) is 9.97. The van der Waals surface area contributed by atoms with Crippen LogP contribution in [-0.4, -0.2) is 11.6 Å². The molecule has 0 amide bonds. The minimum atomic E-state index is -0.139. The van der Waals surface area contributed by atoms with Gasteiger partial charge in [0.05, 0.1) is 0 Å². The summed E-state index contributed by atoms with van der Waals surface area (Å²) < 4.78 is 0. The highest BCUT2D eigenvalue weighted by Crippen LogP contribution is 2.21. The van der Waals surface area contributed by atoms with E-state index in [0.29, 0.717) is 11.1 Å². The van der Waals surface area contributed by atoms with Crippen LogP contribution >= 0.6 is 0 Å². The number of allylic oxidation sites excluding steroid dienone is 1. The van der Waals surface area contributed by atoms with Crippen LogP contribution < -0.4 is 0 Å². The number of Topliss-reactive ketones (excluding diaryl/α,β-unsaturated/α-hetero) is 2. The molecule has 0 fully saturated rings. The Morgan fingerprint density at radius 2 is 1.38 bits per heavy atom. The maximum absolute atomic E-state index is 12.0. The third-order valence-electron chi connectivity index (χ3n) is 3.46. The minimum Gasteiger partial charge on any atom is -0.295 e. The van der Waals surface area contributed by atoms with Gasteiger partial charge in [0.25, 0.3) is 0 Å². The van der Waals surface area contributed by atoms with E-state index >= 15 is 0 Å². The number of hydrogen-bond acceptors (Lipinski definition) is 2. The molecular weight excluding hydrogens is 260 g/mol. The molecule has 0 unspecified atom stereocenters. The molecule has 2 aromatic carbocycles. The summed E-state index contributed by atoms with van der Waals surface area (Å²) in [4.78, 5) is 23.2. The SMILES string of the molecule is C=C(CC(=O)c1ccc(-c2ccc(C)cc2)cc1)C(C)=O. The molecule has 2 rings (SSSR count). The summed E-state index contributed by atoms with van der Waals surface area (Å²) in [6.07, 6.45) is 0.0826. The molecule has 0 N–H and O–H groups in total. The molecule has 0 bridgehead atoms. The van der Waals surface area contributed by atoms with E-state index in [0.717, 1.165) is 11.1 Å². The molecule has 0 saturated heterocycles. The lowest BCUT2D eigenvalue weighted by Crippen LogP contribution is -2.04. The summed E-state index contributed by atoms with van der Waals surface area (Å²) >= 11 is 0. The second-order valence-corrected chi connectivity index (χ2v) is 5.20. The lowest BCUT2D eigenvalue weighted by Gasteiger charge is -2.05. The Kier molecular flexibility index (Phi) is 4.49. The van der Waals surface area contributed by atoms with Gasteiger partial charge in [0.15, 0.2) is 11.6 Å². The van der Waals surface area contributed by atoms with Gasteiger partial charge in [0.1, 0.15) is 0 Å². The van der Waals surface area contributed by atoms with E-state index in [9.17, 15) is 9.59 Å². The zero-order valence-corrected chi connectivity index (χ0v) is 12.3. The molecule has 21 heavy (non-hydrogen) atoms. The van der Waals surface area contributed by atoms with Crippen LogP contribution in [0.3, 0.4) is 0 Å². The van der Waals surface area contributed by atoms with Crippen molar-refractivity contribution in [2.75, 3.05) is 0 Å². The van der Waals surface area contributed by atoms with Gasteiger partial charge in [-0.05, 0) is 30.5 Å². The number of rotatable bonds is 5. The standard InChI is InChI=1S/C19H18O2/c1-13-4-6-16(7-5-13)17-8-10-18(11-9-17)19(21)12-14(2)15(3)20/h4-11H,2,12H2,1,3H3. The van der Waals surface area contributed by atoms with Crippen molar-refractivity contribution in [2.24, 2.45) is 0 Å². The Morgan fingerprint density at radius 3 is 1.86 bits per heavy atom. The van der Waals surface area contributed by atoms with Crippen molar-refractivity contribution >= 4 is 11.6 Å². The predicted octanol–water partition coefficient (Wildman–Crippen LogP) is 4.38. The van der Waals surface area contributed by atoms with Crippen molar-refractivity contribution in [2.45, 2.75) is 20.3 Å². The predicted molar refractivity (Wildman–Crippen MR) is 85.4 cm³/mol. The van der Waals surface area contributed by atoms with Crippen molar-refractivity contribution in [1.29, 1.82) is 0 Å². The second-order valence-electron chi connectivity index (χ2n) is 5.20. The van der Waals surface area contributed by atoms with Gasteiger partial charge < -0.3 is 0 Å². The molecule has 0 radical (unpaired) electrons. The summed E-state index contributed by atoms with van der Waals surface area (Å²) in [5, 5.41) is 0. The zero-order chi connectivity index (χ0) is 15.4. The highest BCUT2D eigenvalue weighted by Gasteiger charge is 2.10. The number of ketones is 2. The van der Waals surface area contributed by atoms with Crippen molar-refractivity contribution in [1.82, 2.24) is 0 Å². The molecule has 0 aliphatic heterocycles.